The Morgan fingerprint density at radius 1 is 1.50 bits per heavy atom. The third-order valence-electron chi connectivity index (χ3n) is 2.36. The standard InChI is InChI=1S/C10H12FN3/c1-6(12)9-4-8-10(14(9)2)3-7(11)5-13-8/h3-6H,12H2,1-2H3. The molecular weight excluding hydrogens is 181 g/mol. The van der Waals surface area contributed by atoms with Crippen LogP contribution >= 0.6 is 0 Å². The number of nitrogens with two attached hydrogens (primary N) is 1. The zero-order valence-electron chi connectivity index (χ0n) is 8.16. The second kappa shape index (κ2) is 3.06. The van der Waals surface area contributed by atoms with E-state index in [4.69, 9.17) is 5.73 Å². The van der Waals surface area contributed by atoms with Crippen molar-refractivity contribution < 1.29 is 4.39 Å². The topological polar surface area (TPSA) is 43.8 Å². The Balaban J connectivity index is 2.74. The fourth-order valence-corrected chi connectivity index (χ4v) is 1.63. The molecule has 2 aromatic heterocycles. The minimum Gasteiger partial charge on any atom is -0.345 e. The summed E-state index contributed by atoms with van der Waals surface area (Å²) >= 11 is 0. The number of aromatic nitrogens is 2. The van der Waals surface area contributed by atoms with E-state index in [1.54, 1.807) is 0 Å². The quantitative estimate of drug-likeness (QED) is 0.749. The largest absolute Gasteiger partial charge is 0.345 e. The van der Waals surface area contributed by atoms with Crippen molar-refractivity contribution in [2.75, 3.05) is 0 Å². The van der Waals surface area contributed by atoms with Gasteiger partial charge in [0.05, 0.1) is 17.2 Å². The summed E-state index contributed by atoms with van der Waals surface area (Å²) in [7, 11) is 1.86. The minimum atomic E-state index is -0.324. The van der Waals surface area contributed by atoms with Gasteiger partial charge < -0.3 is 10.3 Å². The average Bonchev–Trinajstić information content (AvgIpc) is 2.44. The van der Waals surface area contributed by atoms with Crippen LogP contribution in [0.3, 0.4) is 0 Å². The van der Waals surface area contributed by atoms with E-state index in [1.807, 2.05) is 24.6 Å². The monoisotopic (exact) mass is 193 g/mol. The van der Waals surface area contributed by atoms with Crippen molar-refractivity contribution in [3.63, 3.8) is 0 Å². The van der Waals surface area contributed by atoms with E-state index in [0.717, 1.165) is 16.7 Å². The Hall–Kier alpha value is -1.42. The van der Waals surface area contributed by atoms with Crippen LogP contribution < -0.4 is 5.73 Å². The molecule has 1 atom stereocenters. The molecule has 0 saturated carbocycles. The molecule has 2 rings (SSSR count). The molecule has 0 spiro atoms. The van der Waals surface area contributed by atoms with Crippen LogP contribution in [0.5, 0.6) is 0 Å². The van der Waals surface area contributed by atoms with Crippen molar-refractivity contribution in [1.29, 1.82) is 0 Å². The van der Waals surface area contributed by atoms with Crippen molar-refractivity contribution >= 4 is 11.0 Å². The maximum absolute atomic E-state index is 12.9. The average molecular weight is 193 g/mol. The maximum atomic E-state index is 12.9. The molecule has 0 amide bonds. The number of fused-ring (bicyclic) bond motifs is 1. The smallest absolute Gasteiger partial charge is 0.143 e. The molecule has 74 valence electrons. The Morgan fingerprint density at radius 3 is 2.86 bits per heavy atom. The number of halogens is 1. The Bertz CT molecular complexity index is 473. The SMILES string of the molecule is CC(N)c1cc2ncc(F)cc2n1C. The van der Waals surface area contributed by atoms with Gasteiger partial charge >= 0.3 is 0 Å². The Morgan fingerprint density at radius 2 is 2.21 bits per heavy atom. The molecule has 4 heteroatoms. The lowest BCUT2D eigenvalue weighted by Gasteiger charge is -2.06. The number of aryl methyl sites for hydroxylation is 1. The lowest BCUT2D eigenvalue weighted by molar-refractivity contribution is 0.623. The number of rotatable bonds is 1. The summed E-state index contributed by atoms with van der Waals surface area (Å²) in [6, 6.07) is 3.28. The molecule has 0 radical (unpaired) electrons. The number of hydrogen-bond acceptors (Lipinski definition) is 2. The van der Waals surface area contributed by atoms with E-state index >= 15 is 0 Å². The van der Waals surface area contributed by atoms with Gasteiger partial charge in [0.2, 0.25) is 0 Å². The molecule has 0 fully saturated rings. The fourth-order valence-electron chi connectivity index (χ4n) is 1.63. The highest BCUT2D eigenvalue weighted by Crippen LogP contribution is 2.20. The summed E-state index contributed by atoms with van der Waals surface area (Å²) in [4.78, 5) is 3.99. The fraction of sp³-hybridized carbons (Fsp3) is 0.300. The van der Waals surface area contributed by atoms with Crippen LogP contribution in [0.25, 0.3) is 11.0 Å². The highest BCUT2D eigenvalue weighted by atomic mass is 19.1. The zero-order valence-corrected chi connectivity index (χ0v) is 8.16. The van der Waals surface area contributed by atoms with E-state index in [1.165, 1.54) is 12.3 Å². The first-order valence-corrected chi connectivity index (χ1v) is 4.46. The third kappa shape index (κ3) is 1.28. The van der Waals surface area contributed by atoms with E-state index in [9.17, 15) is 4.39 Å². The van der Waals surface area contributed by atoms with Gasteiger partial charge in [0.1, 0.15) is 5.82 Å². The van der Waals surface area contributed by atoms with Crippen LogP contribution in [0.2, 0.25) is 0 Å². The van der Waals surface area contributed by atoms with Gasteiger partial charge in [0, 0.05) is 24.8 Å². The number of nitrogens with zero attached hydrogens (tertiary/aromatic N) is 2. The molecule has 0 aliphatic carbocycles. The molecule has 0 saturated heterocycles. The van der Waals surface area contributed by atoms with Crippen molar-refractivity contribution in [3.8, 4) is 0 Å². The molecule has 14 heavy (non-hydrogen) atoms. The van der Waals surface area contributed by atoms with Crippen LogP contribution in [0.1, 0.15) is 18.7 Å². The van der Waals surface area contributed by atoms with Crippen LogP contribution in [0, 0.1) is 5.82 Å². The summed E-state index contributed by atoms with van der Waals surface area (Å²) in [5.41, 5.74) is 8.28. The molecule has 2 N–H and O–H groups in total. The molecule has 0 aliphatic heterocycles. The highest BCUT2D eigenvalue weighted by Gasteiger charge is 2.10. The second-order valence-corrected chi connectivity index (χ2v) is 3.47. The predicted octanol–water partition coefficient (Wildman–Crippen LogP) is 1.73. The first kappa shape index (κ1) is 9.15. The Labute approximate surface area is 81.4 Å². The van der Waals surface area contributed by atoms with Crippen LogP contribution in [0.4, 0.5) is 4.39 Å². The van der Waals surface area contributed by atoms with Crippen molar-refractivity contribution in [3.05, 3.63) is 29.8 Å². The molecule has 3 nitrogen and oxygen atoms in total. The summed E-state index contributed by atoms with van der Waals surface area (Å²) in [6.07, 6.45) is 1.22. The molecular formula is C10H12FN3. The van der Waals surface area contributed by atoms with E-state index in [2.05, 4.69) is 4.98 Å². The molecule has 2 heterocycles. The van der Waals surface area contributed by atoms with Crippen molar-refractivity contribution in [2.45, 2.75) is 13.0 Å². The van der Waals surface area contributed by atoms with Gasteiger partial charge in [-0.15, -0.1) is 0 Å². The summed E-state index contributed by atoms with van der Waals surface area (Å²) in [5.74, 6) is -0.324. The van der Waals surface area contributed by atoms with Crippen molar-refractivity contribution in [1.82, 2.24) is 9.55 Å². The highest BCUT2D eigenvalue weighted by molar-refractivity contribution is 5.77. The van der Waals surface area contributed by atoms with E-state index < -0.39 is 0 Å². The third-order valence-corrected chi connectivity index (χ3v) is 2.36. The molecule has 0 aliphatic rings. The van der Waals surface area contributed by atoms with E-state index in [0.29, 0.717) is 0 Å². The van der Waals surface area contributed by atoms with Gasteiger partial charge in [-0.3, -0.25) is 4.98 Å². The van der Waals surface area contributed by atoms with Crippen LogP contribution in [0.15, 0.2) is 18.3 Å². The summed E-state index contributed by atoms with van der Waals surface area (Å²) < 4.78 is 14.8. The second-order valence-electron chi connectivity index (χ2n) is 3.47. The van der Waals surface area contributed by atoms with Crippen LogP contribution in [-0.2, 0) is 7.05 Å². The van der Waals surface area contributed by atoms with Crippen molar-refractivity contribution in [2.24, 2.45) is 12.8 Å². The zero-order chi connectivity index (χ0) is 10.3. The normalized spacial score (nSPS) is 13.4. The number of pyridine rings is 1. The molecule has 0 bridgehead atoms. The minimum absolute atomic E-state index is 0.0720. The Kier molecular flexibility index (Phi) is 2.00. The maximum Gasteiger partial charge on any atom is 0.143 e. The van der Waals surface area contributed by atoms with E-state index in [-0.39, 0.29) is 11.9 Å². The van der Waals surface area contributed by atoms with Crippen LogP contribution in [-0.4, -0.2) is 9.55 Å². The van der Waals surface area contributed by atoms with Gasteiger partial charge in [-0.2, -0.15) is 0 Å². The predicted molar refractivity (Wildman–Crippen MR) is 53.3 cm³/mol. The first-order valence-electron chi connectivity index (χ1n) is 4.46. The molecule has 2 aromatic rings. The van der Waals surface area contributed by atoms with Gasteiger partial charge in [0.25, 0.3) is 0 Å². The lowest BCUT2D eigenvalue weighted by Crippen LogP contribution is -2.09. The summed E-state index contributed by atoms with van der Waals surface area (Å²) in [5, 5.41) is 0. The number of hydrogen-bond donors (Lipinski definition) is 1. The molecule has 1 unspecified atom stereocenters. The van der Waals surface area contributed by atoms with Gasteiger partial charge in [0.15, 0.2) is 0 Å². The lowest BCUT2D eigenvalue weighted by atomic mass is 10.2. The first-order chi connectivity index (χ1) is 6.59. The molecule has 0 aromatic carbocycles. The summed E-state index contributed by atoms with van der Waals surface area (Å²) in [6.45, 7) is 1.89. The van der Waals surface area contributed by atoms with Gasteiger partial charge in [-0.25, -0.2) is 4.39 Å². The van der Waals surface area contributed by atoms with Gasteiger partial charge in [-0.1, -0.05) is 0 Å². The van der Waals surface area contributed by atoms with Gasteiger partial charge in [-0.05, 0) is 13.0 Å².